The molecule has 0 saturated heterocycles. The monoisotopic (exact) mass is 407 g/mol. The van der Waals surface area contributed by atoms with Gasteiger partial charge in [0.2, 0.25) is 0 Å². The van der Waals surface area contributed by atoms with Gasteiger partial charge in [-0.3, -0.25) is 4.79 Å². The molecule has 2 aromatic carbocycles. The van der Waals surface area contributed by atoms with Crippen molar-refractivity contribution in [2.45, 2.75) is 19.4 Å². The van der Waals surface area contributed by atoms with Crippen LogP contribution in [0.1, 0.15) is 30.5 Å². The summed E-state index contributed by atoms with van der Waals surface area (Å²) in [4.78, 5) is 18.6. The highest BCUT2D eigenvalue weighted by Gasteiger charge is 2.33. The number of hydrogen-bond donors (Lipinski definition) is 1. The number of thioether (sulfide) groups is 1. The minimum Gasteiger partial charge on any atom is -0.497 e. The van der Waals surface area contributed by atoms with E-state index in [1.807, 2.05) is 59.6 Å². The fourth-order valence-corrected chi connectivity index (χ4v) is 3.99. The van der Waals surface area contributed by atoms with E-state index in [1.54, 1.807) is 14.0 Å². The molecule has 0 saturated carbocycles. The molecule has 2 aromatic rings. The highest BCUT2D eigenvalue weighted by molar-refractivity contribution is 8.17. The van der Waals surface area contributed by atoms with Crippen LogP contribution >= 0.6 is 11.8 Å². The van der Waals surface area contributed by atoms with E-state index in [0.29, 0.717) is 17.2 Å². The van der Waals surface area contributed by atoms with Gasteiger partial charge in [0, 0.05) is 17.7 Å². The van der Waals surface area contributed by atoms with Gasteiger partial charge in [-0.25, -0.2) is 4.99 Å². The van der Waals surface area contributed by atoms with E-state index in [0.717, 1.165) is 27.7 Å². The SMILES string of the molecule is CCC(=O)OC1=CN2C(=NC(c3ccc(N)cc3)=CC2c2ccc(OC)cc2)S1. The van der Waals surface area contributed by atoms with Crippen LogP contribution in [-0.2, 0) is 9.53 Å². The summed E-state index contributed by atoms with van der Waals surface area (Å²) in [5.74, 6) is 0.530. The highest BCUT2D eigenvalue weighted by Crippen LogP contribution is 2.42. The van der Waals surface area contributed by atoms with Gasteiger partial charge < -0.3 is 20.1 Å². The summed E-state index contributed by atoms with van der Waals surface area (Å²) in [5.41, 5.74) is 9.43. The Hall–Kier alpha value is -3.19. The molecule has 2 heterocycles. The van der Waals surface area contributed by atoms with E-state index < -0.39 is 0 Å². The lowest BCUT2D eigenvalue weighted by molar-refractivity contribution is -0.138. The molecular formula is C22H21N3O3S. The number of carbonyl (C=O) groups is 1. The van der Waals surface area contributed by atoms with Crippen LogP contribution in [0.5, 0.6) is 5.75 Å². The number of anilines is 1. The number of carbonyl (C=O) groups excluding carboxylic acids is 1. The smallest absolute Gasteiger partial charge is 0.311 e. The van der Waals surface area contributed by atoms with Crippen LogP contribution in [0.25, 0.3) is 5.70 Å². The van der Waals surface area contributed by atoms with Crippen LogP contribution in [-0.4, -0.2) is 23.1 Å². The number of benzene rings is 2. The molecule has 148 valence electrons. The Labute approximate surface area is 173 Å². The van der Waals surface area contributed by atoms with Crippen molar-refractivity contribution in [3.05, 3.63) is 77.0 Å². The van der Waals surface area contributed by atoms with Gasteiger partial charge in [-0.2, -0.15) is 0 Å². The predicted octanol–water partition coefficient (Wildman–Crippen LogP) is 4.53. The number of hydrogen-bond acceptors (Lipinski definition) is 7. The van der Waals surface area contributed by atoms with Crippen molar-refractivity contribution < 1.29 is 14.3 Å². The van der Waals surface area contributed by atoms with Gasteiger partial charge in [-0.05, 0) is 47.7 Å². The minimum absolute atomic E-state index is 0.0914. The fourth-order valence-electron chi connectivity index (χ4n) is 3.09. The molecule has 0 spiro atoms. The summed E-state index contributed by atoms with van der Waals surface area (Å²) in [6.45, 7) is 1.77. The second-order valence-corrected chi connectivity index (χ2v) is 7.54. The largest absolute Gasteiger partial charge is 0.497 e. The van der Waals surface area contributed by atoms with E-state index in [4.69, 9.17) is 20.2 Å². The van der Waals surface area contributed by atoms with Crippen molar-refractivity contribution in [3.63, 3.8) is 0 Å². The molecule has 2 aliphatic rings. The molecule has 0 fully saturated rings. The molecule has 29 heavy (non-hydrogen) atoms. The number of fused-ring (bicyclic) bond motifs is 1. The van der Waals surface area contributed by atoms with Crippen molar-refractivity contribution in [1.29, 1.82) is 0 Å². The first kappa shape index (κ1) is 19.1. The first-order valence-electron chi connectivity index (χ1n) is 9.26. The Morgan fingerprint density at radius 3 is 2.55 bits per heavy atom. The Morgan fingerprint density at radius 2 is 1.90 bits per heavy atom. The molecule has 7 heteroatoms. The van der Waals surface area contributed by atoms with Crippen molar-refractivity contribution >= 4 is 34.3 Å². The van der Waals surface area contributed by atoms with E-state index in [9.17, 15) is 4.79 Å². The van der Waals surface area contributed by atoms with Crippen LogP contribution in [0.15, 0.2) is 70.9 Å². The maximum absolute atomic E-state index is 11.7. The number of amidine groups is 1. The number of rotatable bonds is 5. The second kappa shape index (κ2) is 8.05. The summed E-state index contributed by atoms with van der Waals surface area (Å²) in [6.07, 6.45) is 4.25. The maximum Gasteiger partial charge on any atom is 0.311 e. The number of nitrogens with two attached hydrogens (primary N) is 1. The van der Waals surface area contributed by atoms with E-state index >= 15 is 0 Å². The molecule has 1 unspecified atom stereocenters. The zero-order valence-corrected chi connectivity index (χ0v) is 17.0. The molecule has 0 bridgehead atoms. The van der Waals surface area contributed by atoms with Crippen molar-refractivity contribution in [1.82, 2.24) is 4.90 Å². The Balaban J connectivity index is 1.72. The standard InChI is InChI=1S/C22H21N3O3S/c1-3-20(26)28-21-13-25-19(15-6-10-17(27-2)11-7-15)12-18(24-22(25)29-21)14-4-8-16(23)9-5-14/h4-13,19H,3,23H2,1-2H3. The average Bonchev–Trinajstić information content (AvgIpc) is 3.15. The Bertz CT molecular complexity index is 1010. The molecule has 0 aromatic heterocycles. The predicted molar refractivity (Wildman–Crippen MR) is 116 cm³/mol. The number of nitrogens with zero attached hydrogens (tertiary/aromatic N) is 2. The zero-order chi connectivity index (χ0) is 20.4. The van der Waals surface area contributed by atoms with Crippen molar-refractivity contribution in [2.75, 3.05) is 12.8 Å². The topological polar surface area (TPSA) is 77.2 Å². The van der Waals surface area contributed by atoms with Gasteiger partial charge >= 0.3 is 5.97 Å². The van der Waals surface area contributed by atoms with Crippen LogP contribution < -0.4 is 10.5 Å². The third-order valence-electron chi connectivity index (χ3n) is 4.66. The lowest BCUT2D eigenvalue weighted by Crippen LogP contribution is -2.27. The summed E-state index contributed by atoms with van der Waals surface area (Å²) in [6, 6.07) is 15.5. The van der Waals surface area contributed by atoms with Gasteiger partial charge in [0.05, 0.1) is 25.0 Å². The number of aliphatic imine (C=N–C) groups is 1. The number of ether oxygens (including phenoxy) is 2. The first-order valence-corrected chi connectivity index (χ1v) is 10.1. The van der Waals surface area contributed by atoms with Gasteiger partial charge in [0.1, 0.15) is 5.75 Å². The van der Waals surface area contributed by atoms with E-state index in [-0.39, 0.29) is 12.0 Å². The number of methoxy groups -OCH3 is 1. The normalized spacial score (nSPS) is 17.8. The minimum atomic E-state index is -0.267. The average molecular weight is 407 g/mol. The quantitative estimate of drug-likeness (QED) is 0.580. The second-order valence-electron chi connectivity index (χ2n) is 6.57. The lowest BCUT2D eigenvalue weighted by atomic mass is 10.0. The van der Waals surface area contributed by atoms with Crippen LogP contribution in [0.3, 0.4) is 0 Å². The van der Waals surface area contributed by atoms with Crippen LogP contribution in [0, 0.1) is 0 Å². The van der Waals surface area contributed by atoms with E-state index in [1.165, 1.54) is 11.8 Å². The van der Waals surface area contributed by atoms with Crippen LogP contribution in [0.2, 0.25) is 0 Å². The third-order valence-corrected chi connectivity index (χ3v) is 5.53. The van der Waals surface area contributed by atoms with Gasteiger partial charge in [0.25, 0.3) is 0 Å². The zero-order valence-electron chi connectivity index (χ0n) is 16.2. The summed E-state index contributed by atoms with van der Waals surface area (Å²) < 4.78 is 10.7. The van der Waals surface area contributed by atoms with Crippen LogP contribution in [0.4, 0.5) is 5.69 Å². The third kappa shape index (κ3) is 4.00. The number of nitrogen functional groups attached to an aromatic ring is 1. The fraction of sp³-hybridized carbons (Fsp3) is 0.182. The van der Waals surface area contributed by atoms with Gasteiger partial charge in [-0.15, -0.1) is 0 Å². The Morgan fingerprint density at radius 1 is 1.17 bits per heavy atom. The summed E-state index contributed by atoms with van der Waals surface area (Å²) in [7, 11) is 1.65. The molecule has 0 aliphatic carbocycles. The van der Waals surface area contributed by atoms with E-state index in [2.05, 4.69) is 6.08 Å². The van der Waals surface area contributed by atoms with Crippen molar-refractivity contribution in [3.8, 4) is 5.75 Å². The molecule has 2 aliphatic heterocycles. The molecule has 0 radical (unpaired) electrons. The molecule has 2 N–H and O–H groups in total. The Kier molecular flexibility index (Phi) is 5.31. The molecule has 6 nitrogen and oxygen atoms in total. The molecule has 1 atom stereocenters. The summed E-state index contributed by atoms with van der Waals surface area (Å²) in [5, 5.41) is 1.29. The molecule has 0 amide bonds. The van der Waals surface area contributed by atoms with Crippen molar-refractivity contribution in [2.24, 2.45) is 4.99 Å². The lowest BCUT2D eigenvalue weighted by Gasteiger charge is -2.29. The summed E-state index contributed by atoms with van der Waals surface area (Å²) >= 11 is 1.35. The molecule has 4 rings (SSSR count). The highest BCUT2D eigenvalue weighted by atomic mass is 32.2. The number of esters is 1. The van der Waals surface area contributed by atoms with Gasteiger partial charge in [0.15, 0.2) is 10.3 Å². The van der Waals surface area contributed by atoms with Gasteiger partial charge in [-0.1, -0.05) is 31.2 Å². The molecular weight excluding hydrogens is 386 g/mol. The first-order chi connectivity index (χ1) is 14.1. The maximum atomic E-state index is 11.7.